The summed E-state index contributed by atoms with van der Waals surface area (Å²) >= 11 is 0. The highest BCUT2D eigenvalue weighted by molar-refractivity contribution is 5.78. The van der Waals surface area contributed by atoms with E-state index in [1.54, 1.807) is 4.90 Å². The first kappa shape index (κ1) is 18.0. The molecule has 3 amide bonds. The van der Waals surface area contributed by atoms with Crippen LogP contribution < -0.4 is 11.1 Å². The number of morpholine rings is 1. The zero-order valence-electron chi connectivity index (χ0n) is 15.4. The van der Waals surface area contributed by atoms with E-state index in [-0.39, 0.29) is 18.1 Å². The van der Waals surface area contributed by atoms with Crippen LogP contribution in [0.1, 0.15) is 25.7 Å². The van der Waals surface area contributed by atoms with Crippen LogP contribution in [0, 0.1) is 11.8 Å². The standard InChI is InChI=1S/C18H31N5O3/c19-16-2-1-3-23(16)17(24)10-20-15-8-13-11-22(12-14(13)9-15)18(25)21-4-6-26-7-5-21/h13-16,20H,1-12,19H2/t13-,14+,15?,16-/m0/s1. The van der Waals surface area contributed by atoms with Gasteiger partial charge in [-0.3, -0.25) is 4.79 Å². The minimum atomic E-state index is -0.105. The van der Waals surface area contributed by atoms with Gasteiger partial charge in [0.25, 0.3) is 0 Å². The Balaban J connectivity index is 1.21. The Kier molecular flexibility index (Phi) is 5.33. The molecule has 1 aliphatic carbocycles. The number of ether oxygens (including phenoxy) is 1. The normalized spacial score (nSPS) is 34.4. The van der Waals surface area contributed by atoms with Crippen LogP contribution in [-0.4, -0.2) is 91.3 Å². The van der Waals surface area contributed by atoms with Crippen LogP contribution in [0.2, 0.25) is 0 Å². The maximum absolute atomic E-state index is 12.6. The largest absolute Gasteiger partial charge is 0.378 e. The van der Waals surface area contributed by atoms with Crippen molar-refractivity contribution in [1.82, 2.24) is 20.0 Å². The number of hydrogen-bond donors (Lipinski definition) is 2. The van der Waals surface area contributed by atoms with E-state index in [0.717, 1.165) is 45.3 Å². The minimum Gasteiger partial charge on any atom is -0.378 e. The maximum Gasteiger partial charge on any atom is 0.320 e. The van der Waals surface area contributed by atoms with Crippen LogP contribution in [0.5, 0.6) is 0 Å². The van der Waals surface area contributed by atoms with E-state index < -0.39 is 0 Å². The fraction of sp³-hybridized carbons (Fsp3) is 0.889. The third-order valence-corrected chi connectivity index (χ3v) is 6.46. The minimum absolute atomic E-state index is 0.105. The van der Waals surface area contributed by atoms with Crippen molar-refractivity contribution in [1.29, 1.82) is 0 Å². The smallest absolute Gasteiger partial charge is 0.320 e. The van der Waals surface area contributed by atoms with Gasteiger partial charge in [-0.1, -0.05) is 0 Å². The van der Waals surface area contributed by atoms with Crippen molar-refractivity contribution in [3.63, 3.8) is 0 Å². The van der Waals surface area contributed by atoms with Gasteiger partial charge in [0.1, 0.15) is 0 Å². The zero-order chi connectivity index (χ0) is 18.1. The van der Waals surface area contributed by atoms with Crippen molar-refractivity contribution in [2.45, 2.75) is 37.9 Å². The van der Waals surface area contributed by atoms with Gasteiger partial charge >= 0.3 is 6.03 Å². The number of hydrogen-bond acceptors (Lipinski definition) is 5. The Morgan fingerprint density at radius 1 is 1.04 bits per heavy atom. The summed E-state index contributed by atoms with van der Waals surface area (Å²) in [6.45, 7) is 5.57. The average molecular weight is 365 g/mol. The summed E-state index contributed by atoms with van der Waals surface area (Å²) in [5.74, 6) is 1.24. The summed E-state index contributed by atoms with van der Waals surface area (Å²) in [5, 5.41) is 3.44. The lowest BCUT2D eigenvalue weighted by Crippen LogP contribution is -2.48. The zero-order valence-corrected chi connectivity index (χ0v) is 15.4. The van der Waals surface area contributed by atoms with Crippen molar-refractivity contribution in [2.24, 2.45) is 17.6 Å². The van der Waals surface area contributed by atoms with E-state index in [1.807, 2.05) is 9.80 Å². The molecule has 4 aliphatic rings. The molecule has 3 N–H and O–H groups in total. The second-order valence-corrected chi connectivity index (χ2v) is 8.15. The number of nitrogens with one attached hydrogen (secondary N) is 1. The molecule has 3 saturated heterocycles. The molecule has 1 unspecified atom stereocenters. The van der Waals surface area contributed by atoms with Gasteiger partial charge in [-0.15, -0.1) is 0 Å². The van der Waals surface area contributed by atoms with Crippen molar-refractivity contribution >= 4 is 11.9 Å². The van der Waals surface area contributed by atoms with Crippen molar-refractivity contribution in [3.8, 4) is 0 Å². The maximum atomic E-state index is 12.6. The number of urea groups is 1. The highest BCUT2D eigenvalue weighted by Gasteiger charge is 2.43. The number of likely N-dealkylation sites (tertiary alicyclic amines) is 2. The monoisotopic (exact) mass is 365 g/mol. The summed E-state index contributed by atoms with van der Waals surface area (Å²) < 4.78 is 5.33. The Morgan fingerprint density at radius 3 is 2.35 bits per heavy atom. The third-order valence-electron chi connectivity index (χ3n) is 6.46. The molecule has 0 aromatic carbocycles. The van der Waals surface area contributed by atoms with Crippen molar-refractivity contribution in [3.05, 3.63) is 0 Å². The lowest BCUT2D eigenvalue weighted by atomic mass is 10.0. The number of carbonyl (C=O) groups is 2. The van der Waals surface area contributed by atoms with Crippen molar-refractivity contribution < 1.29 is 14.3 Å². The molecule has 1 saturated carbocycles. The number of nitrogens with two attached hydrogens (primary N) is 1. The van der Waals surface area contributed by atoms with E-state index in [1.165, 1.54) is 0 Å². The number of carbonyl (C=O) groups excluding carboxylic acids is 2. The molecule has 0 aromatic heterocycles. The second kappa shape index (κ2) is 7.70. The Morgan fingerprint density at radius 2 is 1.73 bits per heavy atom. The molecule has 26 heavy (non-hydrogen) atoms. The van der Waals surface area contributed by atoms with Crippen LogP contribution in [0.25, 0.3) is 0 Å². The molecular formula is C18H31N5O3. The Labute approximate surface area is 155 Å². The van der Waals surface area contributed by atoms with Crippen LogP contribution in [0.3, 0.4) is 0 Å². The first-order chi connectivity index (χ1) is 12.6. The van der Waals surface area contributed by atoms with Crippen LogP contribution in [0.15, 0.2) is 0 Å². The molecule has 0 bridgehead atoms. The molecule has 3 aliphatic heterocycles. The Hall–Kier alpha value is -1.38. The van der Waals surface area contributed by atoms with Gasteiger partial charge in [0.2, 0.25) is 5.91 Å². The van der Waals surface area contributed by atoms with Gasteiger partial charge in [0.05, 0.1) is 25.9 Å². The fourth-order valence-corrected chi connectivity index (χ4v) is 5.01. The van der Waals surface area contributed by atoms with Gasteiger partial charge in [-0.2, -0.15) is 0 Å². The van der Waals surface area contributed by atoms with Gasteiger partial charge in [0.15, 0.2) is 0 Å². The molecule has 4 rings (SSSR count). The lowest BCUT2D eigenvalue weighted by Gasteiger charge is -2.31. The molecule has 0 spiro atoms. The summed E-state index contributed by atoms with van der Waals surface area (Å²) in [7, 11) is 0. The quantitative estimate of drug-likeness (QED) is 0.713. The van der Waals surface area contributed by atoms with Gasteiger partial charge in [-0.05, 0) is 37.5 Å². The highest BCUT2D eigenvalue weighted by Crippen LogP contribution is 2.38. The van der Waals surface area contributed by atoms with E-state index in [0.29, 0.717) is 50.7 Å². The molecule has 8 heteroatoms. The average Bonchev–Trinajstić information content (AvgIpc) is 3.34. The van der Waals surface area contributed by atoms with Crippen LogP contribution >= 0.6 is 0 Å². The first-order valence-electron chi connectivity index (χ1n) is 10.0. The predicted octanol–water partition coefficient (Wildman–Crippen LogP) is -0.354. The van der Waals surface area contributed by atoms with E-state index in [4.69, 9.17) is 10.5 Å². The second-order valence-electron chi connectivity index (χ2n) is 8.15. The van der Waals surface area contributed by atoms with E-state index in [9.17, 15) is 9.59 Å². The fourth-order valence-electron chi connectivity index (χ4n) is 5.01. The lowest BCUT2D eigenvalue weighted by molar-refractivity contribution is -0.131. The first-order valence-corrected chi connectivity index (χ1v) is 10.0. The molecule has 146 valence electrons. The molecule has 4 atom stereocenters. The number of fused-ring (bicyclic) bond motifs is 1. The third kappa shape index (κ3) is 3.68. The number of rotatable bonds is 3. The molecule has 0 radical (unpaired) electrons. The SMILES string of the molecule is N[C@@H]1CCCN1C(=O)CNC1C[C@@H]2CN(C(=O)N3CCOCC3)C[C@@H]2C1. The topological polar surface area (TPSA) is 91.1 Å². The highest BCUT2D eigenvalue weighted by atomic mass is 16.5. The summed E-state index contributed by atoms with van der Waals surface area (Å²) in [6.07, 6.45) is 3.92. The summed E-state index contributed by atoms with van der Waals surface area (Å²) in [6, 6.07) is 0.554. The van der Waals surface area contributed by atoms with Gasteiger partial charge < -0.3 is 30.5 Å². The number of amides is 3. The van der Waals surface area contributed by atoms with Gasteiger partial charge in [0, 0.05) is 38.8 Å². The van der Waals surface area contributed by atoms with Crippen molar-refractivity contribution in [2.75, 3.05) is 52.5 Å². The van der Waals surface area contributed by atoms with E-state index in [2.05, 4.69) is 5.32 Å². The van der Waals surface area contributed by atoms with Gasteiger partial charge in [-0.25, -0.2) is 4.79 Å². The molecule has 8 nitrogen and oxygen atoms in total. The summed E-state index contributed by atoms with van der Waals surface area (Å²) in [5.41, 5.74) is 5.97. The molecule has 4 fully saturated rings. The van der Waals surface area contributed by atoms with Crippen LogP contribution in [0.4, 0.5) is 4.79 Å². The summed E-state index contributed by atoms with van der Waals surface area (Å²) in [4.78, 5) is 30.6. The Bertz CT molecular complexity index is 525. The van der Waals surface area contributed by atoms with Crippen LogP contribution in [-0.2, 0) is 9.53 Å². The number of nitrogens with zero attached hydrogens (tertiary/aromatic N) is 3. The molecular weight excluding hydrogens is 334 g/mol. The molecule has 0 aromatic rings. The predicted molar refractivity (Wildman–Crippen MR) is 96.3 cm³/mol. The molecule has 3 heterocycles. The van der Waals surface area contributed by atoms with E-state index >= 15 is 0 Å².